The van der Waals surface area contributed by atoms with E-state index in [1.807, 2.05) is 56.3 Å². The molecule has 4 unspecified atom stereocenters. The molecule has 1 aliphatic rings. The first-order valence-corrected chi connectivity index (χ1v) is 15.5. The maximum atomic E-state index is 13.4. The summed E-state index contributed by atoms with van der Waals surface area (Å²) in [6.07, 6.45) is 2.04. The van der Waals surface area contributed by atoms with Crippen molar-refractivity contribution in [1.29, 1.82) is 0 Å². The van der Waals surface area contributed by atoms with Crippen LogP contribution in [0.15, 0.2) is 53.9 Å². The Hall–Kier alpha value is -3.93. The van der Waals surface area contributed by atoms with Crippen LogP contribution in [0, 0.1) is 11.8 Å². The predicted molar refractivity (Wildman–Crippen MR) is 156 cm³/mol. The molecule has 41 heavy (non-hydrogen) atoms. The van der Waals surface area contributed by atoms with Crippen LogP contribution >= 0.6 is 0 Å². The van der Waals surface area contributed by atoms with Gasteiger partial charge in [0.15, 0.2) is 9.84 Å². The van der Waals surface area contributed by atoms with Crippen molar-refractivity contribution in [3.8, 4) is 0 Å². The largest absolute Gasteiger partial charge is 0.465 e. The Bertz CT molecular complexity index is 1400. The van der Waals surface area contributed by atoms with Gasteiger partial charge in [0.1, 0.15) is 12.1 Å². The lowest BCUT2D eigenvalue weighted by molar-refractivity contribution is -0.130. The van der Waals surface area contributed by atoms with E-state index in [1.165, 1.54) is 6.08 Å². The number of amides is 4. The number of rotatable bonds is 13. The van der Waals surface area contributed by atoms with Gasteiger partial charge in [-0.3, -0.25) is 14.4 Å². The lowest BCUT2D eigenvalue weighted by atomic mass is 9.96. The molecule has 2 aromatic carbocycles. The van der Waals surface area contributed by atoms with Crippen LogP contribution in [0.4, 0.5) is 4.79 Å². The number of carbonyl (C=O) groups is 4. The van der Waals surface area contributed by atoms with Gasteiger partial charge < -0.3 is 26.4 Å². The zero-order valence-corrected chi connectivity index (χ0v) is 24.2. The molecule has 1 saturated heterocycles. The van der Waals surface area contributed by atoms with Crippen molar-refractivity contribution in [2.75, 3.05) is 12.8 Å². The molecule has 0 radical (unpaired) electrons. The average molecular weight is 587 g/mol. The van der Waals surface area contributed by atoms with Gasteiger partial charge in [0.25, 0.3) is 0 Å². The van der Waals surface area contributed by atoms with Crippen LogP contribution in [0.25, 0.3) is 10.8 Å². The summed E-state index contributed by atoms with van der Waals surface area (Å²) in [5.41, 5.74) is 0.766. The summed E-state index contributed by atoms with van der Waals surface area (Å²) in [7, 11) is -3.49. The van der Waals surface area contributed by atoms with Crippen molar-refractivity contribution in [3.05, 3.63) is 59.5 Å². The molecule has 2 aromatic rings. The van der Waals surface area contributed by atoms with Crippen molar-refractivity contribution >= 4 is 44.4 Å². The van der Waals surface area contributed by atoms with Gasteiger partial charge in [-0.25, -0.2) is 13.2 Å². The van der Waals surface area contributed by atoms with Gasteiger partial charge in [0.05, 0.1) is 0 Å². The molecule has 0 aromatic heterocycles. The number of benzene rings is 2. The minimum absolute atomic E-state index is 0.0133. The topological polar surface area (TPSA) is 171 Å². The van der Waals surface area contributed by atoms with Gasteiger partial charge in [-0.2, -0.15) is 0 Å². The fraction of sp³-hybridized carbons (Fsp3) is 0.448. The molecule has 0 saturated carbocycles. The zero-order valence-electron chi connectivity index (χ0n) is 23.4. The molecule has 5 N–H and O–H groups in total. The molecule has 4 amide bonds. The molecule has 0 spiro atoms. The summed E-state index contributed by atoms with van der Waals surface area (Å²) in [6.45, 7) is 4.25. The number of hydrogen-bond donors (Lipinski definition) is 5. The van der Waals surface area contributed by atoms with Crippen LogP contribution < -0.4 is 21.3 Å². The standard InChI is InChI=1S/C29H38N4O7S/c1-18(2)15-24(27(35)31-22(12-14-41(3,39)40)16-21-11-13-30-26(21)34)32-28(36)25(33-29(37)38)17-20-9-6-8-19-7-4-5-10-23(19)20/h4-10,12,14,18,21-22,24-25,33H,11,13,15-17H2,1-3H3,(H,30,34)(H,31,35)(H,32,36)(H,37,38)/b14-12+. The Morgan fingerprint density at radius 3 is 2.34 bits per heavy atom. The second-order valence-corrected chi connectivity index (χ2v) is 12.8. The van der Waals surface area contributed by atoms with Crippen molar-refractivity contribution < 1.29 is 32.7 Å². The molecular formula is C29H38N4O7S. The number of hydrogen-bond acceptors (Lipinski definition) is 6. The lowest BCUT2D eigenvalue weighted by Gasteiger charge is -2.26. The smallest absolute Gasteiger partial charge is 0.405 e. The molecule has 3 rings (SSSR count). The minimum atomic E-state index is -3.49. The monoisotopic (exact) mass is 586 g/mol. The van der Waals surface area contributed by atoms with Crippen LogP contribution in [0.5, 0.6) is 0 Å². The first kappa shape index (κ1) is 31.6. The van der Waals surface area contributed by atoms with Crippen LogP contribution in [-0.4, -0.2) is 68.3 Å². The molecule has 1 heterocycles. The third-order valence-electron chi connectivity index (χ3n) is 6.85. The number of sulfone groups is 1. The lowest BCUT2D eigenvalue weighted by Crippen LogP contribution is -2.55. The number of fused-ring (bicyclic) bond motifs is 1. The minimum Gasteiger partial charge on any atom is -0.465 e. The molecule has 0 bridgehead atoms. The maximum absolute atomic E-state index is 13.4. The highest BCUT2D eigenvalue weighted by molar-refractivity contribution is 7.93. The normalized spacial score (nSPS) is 17.7. The van der Waals surface area contributed by atoms with Crippen LogP contribution in [0.3, 0.4) is 0 Å². The van der Waals surface area contributed by atoms with Crippen molar-refractivity contribution in [3.63, 3.8) is 0 Å². The maximum Gasteiger partial charge on any atom is 0.405 e. The van der Waals surface area contributed by atoms with Crippen LogP contribution in [-0.2, 0) is 30.6 Å². The van der Waals surface area contributed by atoms with E-state index in [4.69, 9.17) is 0 Å². The first-order valence-electron chi connectivity index (χ1n) is 13.5. The van der Waals surface area contributed by atoms with E-state index >= 15 is 0 Å². The molecule has 222 valence electrons. The van der Waals surface area contributed by atoms with Crippen LogP contribution in [0.2, 0.25) is 0 Å². The molecule has 1 aliphatic heterocycles. The van der Waals surface area contributed by atoms with E-state index in [-0.39, 0.29) is 31.1 Å². The fourth-order valence-corrected chi connectivity index (χ4v) is 5.38. The summed E-state index contributed by atoms with van der Waals surface area (Å²) in [4.78, 5) is 50.6. The predicted octanol–water partition coefficient (Wildman–Crippen LogP) is 2.12. The van der Waals surface area contributed by atoms with Gasteiger partial charge in [-0.15, -0.1) is 0 Å². The average Bonchev–Trinajstić information content (AvgIpc) is 3.29. The van der Waals surface area contributed by atoms with Crippen molar-refractivity contribution in [2.24, 2.45) is 11.8 Å². The quantitative estimate of drug-likeness (QED) is 0.239. The first-order chi connectivity index (χ1) is 19.3. The Morgan fingerprint density at radius 2 is 1.71 bits per heavy atom. The Balaban J connectivity index is 1.81. The second kappa shape index (κ2) is 14.1. The van der Waals surface area contributed by atoms with Gasteiger partial charge in [-0.05, 0) is 41.5 Å². The fourth-order valence-electron chi connectivity index (χ4n) is 4.91. The number of nitrogens with one attached hydrogen (secondary N) is 4. The molecule has 12 heteroatoms. The molecule has 11 nitrogen and oxygen atoms in total. The summed E-state index contributed by atoms with van der Waals surface area (Å²) in [5.74, 6) is -1.81. The summed E-state index contributed by atoms with van der Waals surface area (Å²) >= 11 is 0. The van der Waals surface area contributed by atoms with Gasteiger partial charge in [-0.1, -0.05) is 62.4 Å². The zero-order chi connectivity index (χ0) is 30.2. The third kappa shape index (κ3) is 9.89. The molecule has 4 atom stereocenters. The SMILES string of the molecule is CC(C)CC(NC(=O)C(Cc1cccc2ccccc12)NC(=O)O)C(=O)NC(/C=C/S(C)(=O)=O)CC1CCNC1=O. The highest BCUT2D eigenvalue weighted by Gasteiger charge is 2.31. The third-order valence-corrected chi connectivity index (χ3v) is 7.50. The van der Waals surface area contributed by atoms with E-state index in [1.54, 1.807) is 0 Å². The summed E-state index contributed by atoms with van der Waals surface area (Å²) < 4.78 is 23.5. The van der Waals surface area contributed by atoms with Crippen molar-refractivity contribution in [1.82, 2.24) is 21.3 Å². The van der Waals surface area contributed by atoms with Crippen molar-refractivity contribution in [2.45, 2.75) is 57.7 Å². The molecule has 1 fully saturated rings. The summed E-state index contributed by atoms with van der Waals surface area (Å²) in [5, 5.41) is 22.7. The Kier molecular flexibility index (Phi) is 10.9. The molecule has 0 aliphatic carbocycles. The van der Waals surface area contributed by atoms with Gasteiger partial charge in [0, 0.05) is 36.6 Å². The van der Waals surface area contributed by atoms with E-state index in [9.17, 15) is 32.7 Å². The van der Waals surface area contributed by atoms with E-state index in [0.717, 1.165) is 28.0 Å². The number of carboxylic acid groups (broad SMARTS) is 1. The van der Waals surface area contributed by atoms with E-state index < -0.39 is 51.8 Å². The van der Waals surface area contributed by atoms with Gasteiger partial charge >= 0.3 is 6.09 Å². The van der Waals surface area contributed by atoms with Gasteiger partial charge in [0.2, 0.25) is 17.7 Å². The highest BCUT2D eigenvalue weighted by atomic mass is 32.2. The second-order valence-electron chi connectivity index (χ2n) is 10.8. The Labute approximate surface area is 240 Å². The van der Waals surface area contributed by atoms with Crippen LogP contribution in [0.1, 0.15) is 38.7 Å². The molecular weight excluding hydrogens is 548 g/mol. The highest BCUT2D eigenvalue weighted by Crippen LogP contribution is 2.21. The summed E-state index contributed by atoms with van der Waals surface area (Å²) in [6, 6.07) is 10.2. The number of carbonyl (C=O) groups excluding carboxylic acids is 3. The van der Waals surface area contributed by atoms with E-state index in [0.29, 0.717) is 13.0 Å². The Morgan fingerprint density at radius 1 is 1.02 bits per heavy atom. The van der Waals surface area contributed by atoms with E-state index in [2.05, 4.69) is 21.3 Å².